The molecule has 3 heterocycles. The van der Waals surface area contributed by atoms with Crippen LogP contribution in [0.3, 0.4) is 0 Å². The zero-order valence-electron chi connectivity index (χ0n) is 21.7. The monoisotopic (exact) mass is 495 g/mol. The molecule has 6 unspecified atom stereocenters. The summed E-state index contributed by atoms with van der Waals surface area (Å²) in [6.45, 7) is 10.7. The molecule has 4 aliphatic rings. The molecule has 2 saturated heterocycles. The fraction of sp³-hybridized carbons (Fsp3) is 0.731. The summed E-state index contributed by atoms with van der Waals surface area (Å²) in [6.07, 6.45) is 4.60. The Hall–Kier alpha value is -3.09. The van der Waals surface area contributed by atoms with Crippen molar-refractivity contribution in [3.63, 3.8) is 0 Å². The molecule has 194 valence electrons. The van der Waals surface area contributed by atoms with Gasteiger partial charge in [0.15, 0.2) is 0 Å². The van der Waals surface area contributed by atoms with Crippen LogP contribution in [0.4, 0.5) is 5.82 Å². The van der Waals surface area contributed by atoms with E-state index in [0.717, 1.165) is 19.3 Å². The first-order chi connectivity index (χ1) is 16.9. The minimum Gasteiger partial charge on any atom is -0.358 e. The fourth-order valence-corrected chi connectivity index (χ4v) is 6.45. The molecule has 1 aromatic heterocycles. The zero-order chi connectivity index (χ0) is 26.0. The van der Waals surface area contributed by atoms with Crippen LogP contribution < -0.4 is 16.0 Å². The molecule has 2 aliphatic carbocycles. The predicted molar refractivity (Wildman–Crippen MR) is 132 cm³/mol. The SMILES string of the molecule is CC(C)(C)C(Nc1ccn[nH]1)C(=O)N1CC2C(C1C(=O)NC(C#N)CC1CC3(CC3)NC1=O)C2(C)C. The molecule has 4 fully saturated rings. The molecular weight excluding hydrogens is 458 g/mol. The van der Waals surface area contributed by atoms with Crippen molar-refractivity contribution in [1.29, 1.82) is 5.26 Å². The second kappa shape index (κ2) is 8.22. The summed E-state index contributed by atoms with van der Waals surface area (Å²) in [5, 5.41) is 25.8. The number of piperidine rings is 1. The lowest BCUT2D eigenvalue weighted by atomic mass is 9.85. The summed E-state index contributed by atoms with van der Waals surface area (Å²) >= 11 is 0. The van der Waals surface area contributed by atoms with E-state index in [0.29, 0.717) is 18.8 Å². The summed E-state index contributed by atoms with van der Waals surface area (Å²) in [7, 11) is 0. The lowest BCUT2D eigenvalue weighted by Crippen LogP contribution is -2.57. The lowest BCUT2D eigenvalue weighted by molar-refractivity contribution is -0.142. The molecule has 2 saturated carbocycles. The summed E-state index contributed by atoms with van der Waals surface area (Å²) in [5.41, 5.74) is -0.538. The number of rotatable bonds is 7. The Morgan fingerprint density at radius 2 is 2.06 bits per heavy atom. The number of aromatic nitrogens is 2. The van der Waals surface area contributed by atoms with Gasteiger partial charge in [-0.2, -0.15) is 10.4 Å². The molecule has 1 spiro atoms. The van der Waals surface area contributed by atoms with Crippen LogP contribution in [0.25, 0.3) is 0 Å². The minimum absolute atomic E-state index is 0.0269. The van der Waals surface area contributed by atoms with E-state index in [9.17, 15) is 19.6 Å². The molecule has 3 amide bonds. The van der Waals surface area contributed by atoms with E-state index in [1.54, 1.807) is 17.2 Å². The zero-order valence-corrected chi connectivity index (χ0v) is 21.7. The molecule has 0 radical (unpaired) electrons. The van der Waals surface area contributed by atoms with Gasteiger partial charge in [0.05, 0.1) is 12.3 Å². The second-order valence-electron chi connectivity index (χ2n) is 12.9. The third kappa shape index (κ3) is 4.22. The van der Waals surface area contributed by atoms with Crippen molar-refractivity contribution in [3.8, 4) is 6.07 Å². The van der Waals surface area contributed by atoms with Gasteiger partial charge in [-0.1, -0.05) is 34.6 Å². The minimum atomic E-state index is -0.776. The number of nitrogens with one attached hydrogen (secondary N) is 4. The largest absolute Gasteiger partial charge is 0.358 e. The number of hydrogen-bond donors (Lipinski definition) is 4. The molecule has 2 aliphatic heterocycles. The van der Waals surface area contributed by atoms with E-state index < -0.39 is 23.5 Å². The highest BCUT2D eigenvalue weighted by Gasteiger charge is 2.69. The van der Waals surface area contributed by atoms with Gasteiger partial charge in [-0.3, -0.25) is 19.5 Å². The van der Waals surface area contributed by atoms with E-state index in [2.05, 4.69) is 46.1 Å². The maximum Gasteiger partial charge on any atom is 0.246 e. The van der Waals surface area contributed by atoms with Crippen LogP contribution in [0.15, 0.2) is 12.3 Å². The molecule has 6 atom stereocenters. The van der Waals surface area contributed by atoms with Gasteiger partial charge in [-0.05, 0) is 54.4 Å². The average Bonchev–Trinajstić information content (AvgIpc) is 3.35. The summed E-state index contributed by atoms with van der Waals surface area (Å²) in [4.78, 5) is 41.6. The molecule has 4 N–H and O–H groups in total. The van der Waals surface area contributed by atoms with Crippen molar-refractivity contribution in [3.05, 3.63) is 12.3 Å². The molecular formula is C26H37N7O3. The van der Waals surface area contributed by atoms with E-state index in [1.165, 1.54) is 0 Å². The number of nitriles is 1. The Morgan fingerprint density at radius 1 is 1.33 bits per heavy atom. The van der Waals surface area contributed by atoms with Crippen LogP contribution in [-0.4, -0.2) is 63.0 Å². The Morgan fingerprint density at radius 3 is 2.61 bits per heavy atom. The third-order valence-electron chi connectivity index (χ3n) is 8.92. The first-order valence-electron chi connectivity index (χ1n) is 12.9. The van der Waals surface area contributed by atoms with Crippen molar-refractivity contribution >= 4 is 23.5 Å². The van der Waals surface area contributed by atoms with Crippen molar-refractivity contribution in [1.82, 2.24) is 25.7 Å². The number of likely N-dealkylation sites (tertiary alicyclic amines) is 1. The third-order valence-corrected chi connectivity index (χ3v) is 8.92. The Bertz CT molecular complexity index is 1100. The smallest absolute Gasteiger partial charge is 0.246 e. The van der Waals surface area contributed by atoms with E-state index >= 15 is 0 Å². The van der Waals surface area contributed by atoms with Gasteiger partial charge in [0, 0.05) is 18.0 Å². The van der Waals surface area contributed by atoms with Gasteiger partial charge in [0.2, 0.25) is 17.7 Å². The number of amides is 3. The fourth-order valence-electron chi connectivity index (χ4n) is 6.45. The molecule has 5 rings (SSSR count). The molecule has 0 aromatic carbocycles. The normalized spacial score (nSPS) is 30.7. The van der Waals surface area contributed by atoms with Crippen LogP contribution in [0, 0.1) is 39.9 Å². The van der Waals surface area contributed by atoms with Gasteiger partial charge in [0.25, 0.3) is 0 Å². The van der Waals surface area contributed by atoms with E-state index in [4.69, 9.17) is 0 Å². The van der Waals surface area contributed by atoms with Gasteiger partial charge >= 0.3 is 0 Å². The first kappa shape index (κ1) is 24.6. The van der Waals surface area contributed by atoms with Crippen molar-refractivity contribution in [2.24, 2.45) is 28.6 Å². The van der Waals surface area contributed by atoms with Gasteiger partial charge in [-0.15, -0.1) is 0 Å². The highest BCUT2D eigenvalue weighted by molar-refractivity contribution is 5.93. The Kier molecular flexibility index (Phi) is 5.61. The van der Waals surface area contributed by atoms with Crippen LogP contribution in [0.1, 0.15) is 60.3 Å². The van der Waals surface area contributed by atoms with Gasteiger partial charge in [-0.25, -0.2) is 0 Å². The highest BCUT2D eigenvalue weighted by Crippen LogP contribution is 2.65. The number of carbonyl (C=O) groups is 3. The number of H-pyrrole nitrogens is 1. The number of fused-ring (bicyclic) bond motifs is 1. The number of nitrogens with zero attached hydrogens (tertiary/aromatic N) is 3. The maximum absolute atomic E-state index is 13.9. The van der Waals surface area contributed by atoms with Crippen molar-refractivity contribution in [2.75, 3.05) is 11.9 Å². The topological polar surface area (TPSA) is 143 Å². The van der Waals surface area contributed by atoms with Crippen LogP contribution in [-0.2, 0) is 14.4 Å². The second-order valence-corrected chi connectivity index (χ2v) is 12.9. The maximum atomic E-state index is 13.9. The van der Waals surface area contributed by atoms with Crippen LogP contribution >= 0.6 is 0 Å². The summed E-state index contributed by atoms with van der Waals surface area (Å²) in [6, 6.07) is 1.96. The standard InChI is InChI=1S/C26H37N7O3/c1-24(2,3)20(30-17-6-9-28-32-17)23(36)33-13-16-18(25(16,4)5)19(33)22(35)29-15(12-27)10-14-11-26(7-8-26)31-21(14)34/h6,9,14-16,18-20H,7-8,10-11,13H2,1-5H3,(H,29,35)(H,31,34)(H2,28,30,32). The molecule has 10 nitrogen and oxygen atoms in total. The number of anilines is 1. The van der Waals surface area contributed by atoms with Crippen molar-refractivity contribution < 1.29 is 14.4 Å². The molecule has 1 aromatic rings. The Labute approximate surface area is 211 Å². The first-order valence-corrected chi connectivity index (χ1v) is 12.9. The summed E-state index contributed by atoms with van der Waals surface area (Å²) < 4.78 is 0. The summed E-state index contributed by atoms with van der Waals surface area (Å²) in [5.74, 6) is 0.177. The number of carbonyl (C=O) groups excluding carboxylic acids is 3. The number of aromatic amines is 1. The average molecular weight is 496 g/mol. The number of hydrogen-bond acceptors (Lipinski definition) is 6. The van der Waals surface area contributed by atoms with E-state index in [-0.39, 0.29) is 46.4 Å². The lowest BCUT2D eigenvalue weighted by Gasteiger charge is -2.38. The Balaban J connectivity index is 1.32. The van der Waals surface area contributed by atoms with Crippen LogP contribution in [0.2, 0.25) is 0 Å². The quantitative estimate of drug-likeness (QED) is 0.454. The van der Waals surface area contributed by atoms with E-state index in [1.807, 2.05) is 20.8 Å². The highest BCUT2D eigenvalue weighted by atomic mass is 16.2. The van der Waals surface area contributed by atoms with Gasteiger partial charge in [0.1, 0.15) is 23.9 Å². The molecule has 10 heteroatoms. The molecule has 0 bridgehead atoms. The van der Waals surface area contributed by atoms with Crippen LogP contribution in [0.5, 0.6) is 0 Å². The molecule has 36 heavy (non-hydrogen) atoms. The predicted octanol–water partition coefficient (Wildman–Crippen LogP) is 1.79. The van der Waals surface area contributed by atoms with Crippen molar-refractivity contribution in [2.45, 2.75) is 84.0 Å². The van der Waals surface area contributed by atoms with Gasteiger partial charge < -0.3 is 20.9 Å².